The standard InChI is InChI=1S/C27H20Cl2N2O4/c1-2-4-19-11-17(12-20(14-30)27(32)31-22-6-3-5-21(28)26(22)29)7-9-23(19)33-15-18-8-10-24-25(13-18)35-16-34-24/h2-3,5-13H,1,4,15-16H2,(H,31,32)/b20-12-. The molecule has 35 heavy (non-hydrogen) atoms. The van der Waals surface area contributed by atoms with Gasteiger partial charge in [-0.1, -0.05) is 47.5 Å². The lowest BCUT2D eigenvalue weighted by molar-refractivity contribution is -0.112. The largest absolute Gasteiger partial charge is 0.489 e. The Bertz CT molecular complexity index is 1360. The quantitative estimate of drug-likeness (QED) is 0.212. The molecule has 0 bridgehead atoms. The molecule has 0 fully saturated rings. The Morgan fingerprint density at radius 2 is 1.97 bits per heavy atom. The normalized spacial score (nSPS) is 12.1. The molecule has 0 atom stereocenters. The molecule has 0 aliphatic carbocycles. The Morgan fingerprint density at radius 3 is 2.77 bits per heavy atom. The highest BCUT2D eigenvalue weighted by molar-refractivity contribution is 6.44. The highest BCUT2D eigenvalue weighted by atomic mass is 35.5. The summed E-state index contributed by atoms with van der Waals surface area (Å²) in [7, 11) is 0. The number of halogens is 2. The predicted octanol–water partition coefficient (Wildman–Crippen LogP) is 6.58. The van der Waals surface area contributed by atoms with Gasteiger partial charge in [0.05, 0.1) is 15.7 Å². The van der Waals surface area contributed by atoms with E-state index in [2.05, 4.69) is 11.9 Å². The van der Waals surface area contributed by atoms with Crippen LogP contribution in [0, 0.1) is 11.3 Å². The lowest BCUT2D eigenvalue weighted by Gasteiger charge is -2.12. The number of nitriles is 1. The molecule has 6 nitrogen and oxygen atoms in total. The summed E-state index contributed by atoms with van der Waals surface area (Å²) < 4.78 is 16.8. The first-order chi connectivity index (χ1) is 17.0. The van der Waals surface area contributed by atoms with Gasteiger partial charge in [-0.3, -0.25) is 4.79 Å². The van der Waals surface area contributed by atoms with Crippen LogP contribution in [0.3, 0.4) is 0 Å². The molecule has 8 heteroatoms. The van der Waals surface area contributed by atoms with Crippen LogP contribution >= 0.6 is 23.2 Å². The first kappa shape index (κ1) is 24.2. The van der Waals surface area contributed by atoms with Gasteiger partial charge in [0.15, 0.2) is 11.5 Å². The Balaban J connectivity index is 1.51. The Hall–Kier alpha value is -3.92. The summed E-state index contributed by atoms with van der Waals surface area (Å²) in [5, 5.41) is 12.7. The molecule has 1 heterocycles. The number of hydrogen-bond donors (Lipinski definition) is 1. The van der Waals surface area contributed by atoms with Crippen LogP contribution in [0.15, 0.2) is 72.8 Å². The van der Waals surface area contributed by atoms with E-state index in [4.69, 9.17) is 37.4 Å². The molecule has 0 spiro atoms. The van der Waals surface area contributed by atoms with Gasteiger partial charge in [0.25, 0.3) is 5.91 Å². The van der Waals surface area contributed by atoms with Crippen molar-refractivity contribution < 1.29 is 19.0 Å². The van der Waals surface area contributed by atoms with Crippen molar-refractivity contribution in [2.75, 3.05) is 12.1 Å². The van der Waals surface area contributed by atoms with Crippen molar-refractivity contribution in [1.82, 2.24) is 0 Å². The van der Waals surface area contributed by atoms with E-state index in [1.807, 2.05) is 30.3 Å². The fourth-order valence-corrected chi connectivity index (χ4v) is 3.79. The molecule has 0 saturated carbocycles. The third-order valence-electron chi connectivity index (χ3n) is 5.16. The van der Waals surface area contributed by atoms with Gasteiger partial charge >= 0.3 is 0 Å². The number of rotatable bonds is 8. The van der Waals surface area contributed by atoms with Gasteiger partial charge in [-0.15, -0.1) is 6.58 Å². The molecule has 0 saturated heterocycles. The first-order valence-electron chi connectivity index (χ1n) is 10.6. The zero-order chi connectivity index (χ0) is 24.8. The monoisotopic (exact) mass is 506 g/mol. The molecule has 0 radical (unpaired) electrons. The minimum atomic E-state index is -0.593. The van der Waals surface area contributed by atoms with E-state index in [-0.39, 0.29) is 17.4 Å². The van der Waals surface area contributed by atoms with Crippen LogP contribution in [0.5, 0.6) is 17.2 Å². The van der Waals surface area contributed by atoms with Gasteiger partial charge in [0.1, 0.15) is 24.0 Å². The van der Waals surface area contributed by atoms with Crippen molar-refractivity contribution in [2.45, 2.75) is 13.0 Å². The molecular weight excluding hydrogens is 487 g/mol. The zero-order valence-corrected chi connectivity index (χ0v) is 20.0. The molecule has 3 aromatic carbocycles. The number of carbonyl (C=O) groups excluding carboxylic acids is 1. The summed E-state index contributed by atoms with van der Waals surface area (Å²) in [6, 6.07) is 17.9. The minimum absolute atomic E-state index is 0.0837. The fourth-order valence-electron chi connectivity index (χ4n) is 3.44. The summed E-state index contributed by atoms with van der Waals surface area (Å²) in [5.41, 5.74) is 2.71. The molecule has 1 aliphatic heterocycles. The third kappa shape index (κ3) is 5.78. The number of hydrogen-bond acceptors (Lipinski definition) is 5. The highest BCUT2D eigenvalue weighted by Crippen LogP contribution is 2.33. The smallest absolute Gasteiger partial charge is 0.266 e. The third-order valence-corrected chi connectivity index (χ3v) is 5.97. The summed E-state index contributed by atoms with van der Waals surface area (Å²) in [4.78, 5) is 12.7. The van der Waals surface area contributed by atoms with E-state index < -0.39 is 5.91 Å². The summed E-state index contributed by atoms with van der Waals surface area (Å²) in [5.74, 6) is 1.49. The second kappa shape index (κ2) is 11.0. The zero-order valence-electron chi connectivity index (χ0n) is 18.5. The molecular formula is C27H20Cl2N2O4. The molecule has 3 aromatic rings. The number of nitrogens with zero attached hydrogens (tertiary/aromatic N) is 1. The Kier molecular flexibility index (Phi) is 7.61. The van der Waals surface area contributed by atoms with Crippen molar-refractivity contribution in [2.24, 2.45) is 0 Å². The van der Waals surface area contributed by atoms with Crippen LogP contribution in [0.4, 0.5) is 5.69 Å². The maximum atomic E-state index is 12.7. The minimum Gasteiger partial charge on any atom is -0.489 e. The van der Waals surface area contributed by atoms with Crippen LogP contribution in [-0.2, 0) is 17.8 Å². The van der Waals surface area contributed by atoms with Gasteiger partial charge in [-0.2, -0.15) is 5.26 Å². The molecule has 176 valence electrons. The van der Waals surface area contributed by atoms with Crippen LogP contribution < -0.4 is 19.5 Å². The van der Waals surface area contributed by atoms with Crippen molar-refractivity contribution in [3.8, 4) is 23.3 Å². The average molecular weight is 507 g/mol. The molecule has 0 aromatic heterocycles. The predicted molar refractivity (Wildman–Crippen MR) is 136 cm³/mol. The van der Waals surface area contributed by atoms with Gasteiger partial charge in [-0.25, -0.2) is 0 Å². The lowest BCUT2D eigenvalue weighted by atomic mass is 10.0. The van der Waals surface area contributed by atoms with E-state index in [0.717, 1.165) is 11.1 Å². The number of amides is 1. The Morgan fingerprint density at radius 1 is 1.14 bits per heavy atom. The van der Waals surface area contributed by atoms with Gasteiger partial charge in [0, 0.05) is 0 Å². The van der Waals surface area contributed by atoms with E-state index >= 15 is 0 Å². The summed E-state index contributed by atoms with van der Waals surface area (Å²) in [6.45, 7) is 4.36. The molecule has 0 unspecified atom stereocenters. The van der Waals surface area contributed by atoms with E-state index in [1.165, 1.54) is 6.08 Å². The van der Waals surface area contributed by atoms with E-state index in [1.54, 1.807) is 36.4 Å². The van der Waals surface area contributed by atoms with Crippen molar-refractivity contribution in [3.63, 3.8) is 0 Å². The van der Waals surface area contributed by atoms with Crippen molar-refractivity contribution >= 4 is 40.9 Å². The number of nitrogens with one attached hydrogen (secondary N) is 1. The number of ether oxygens (including phenoxy) is 3. The van der Waals surface area contributed by atoms with Crippen LogP contribution in [0.25, 0.3) is 6.08 Å². The summed E-state index contributed by atoms with van der Waals surface area (Å²) in [6.07, 6.45) is 3.81. The van der Waals surface area contributed by atoms with E-state index in [9.17, 15) is 10.1 Å². The fraction of sp³-hybridized carbons (Fsp3) is 0.111. The number of allylic oxidation sites excluding steroid dienone is 1. The maximum Gasteiger partial charge on any atom is 0.266 e. The summed E-state index contributed by atoms with van der Waals surface area (Å²) >= 11 is 12.1. The SMILES string of the molecule is C=CCc1cc(/C=C(/C#N)C(=O)Nc2cccc(Cl)c2Cl)ccc1OCc1ccc2c(c1)OCO2. The average Bonchev–Trinajstić information content (AvgIpc) is 3.33. The number of benzene rings is 3. The topological polar surface area (TPSA) is 80.6 Å². The van der Waals surface area contributed by atoms with Gasteiger partial charge in [-0.05, 0) is 65.6 Å². The Labute approximate surface area is 212 Å². The molecule has 1 amide bonds. The second-order valence-electron chi connectivity index (χ2n) is 7.56. The lowest BCUT2D eigenvalue weighted by Crippen LogP contribution is -2.13. The molecule has 4 rings (SSSR count). The highest BCUT2D eigenvalue weighted by Gasteiger charge is 2.15. The number of carbonyl (C=O) groups is 1. The van der Waals surface area contributed by atoms with Crippen molar-refractivity contribution in [1.29, 1.82) is 5.26 Å². The first-order valence-corrected chi connectivity index (χ1v) is 11.4. The molecule has 1 aliphatic rings. The number of fused-ring (bicyclic) bond motifs is 1. The van der Waals surface area contributed by atoms with Gasteiger partial charge in [0.2, 0.25) is 6.79 Å². The van der Waals surface area contributed by atoms with Crippen LogP contribution in [-0.4, -0.2) is 12.7 Å². The van der Waals surface area contributed by atoms with Gasteiger partial charge < -0.3 is 19.5 Å². The van der Waals surface area contributed by atoms with Crippen molar-refractivity contribution in [3.05, 3.63) is 99.6 Å². The van der Waals surface area contributed by atoms with Crippen LogP contribution in [0.1, 0.15) is 16.7 Å². The maximum absolute atomic E-state index is 12.7. The number of anilines is 1. The molecule has 1 N–H and O–H groups in total. The second-order valence-corrected chi connectivity index (χ2v) is 8.35. The van der Waals surface area contributed by atoms with E-state index in [0.29, 0.717) is 46.5 Å². The van der Waals surface area contributed by atoms with Crippen LogP contribution in [0.2, 0.25) is 10.0 Å².